The van der Waals surface area contributed by atoms with Gasteiger partial charge in [0.25, 0.3) is 0 Å². The fourth-order valence-electron chi connectivity index (χ4n) is 3.16. The summed E-state index contributed by atoms with van der Waals surface area (Å²) in [5.41, 5.74) is 1.58. The van der Waals surface area contributed by atoms with Gasteiger partial charge in [0.05, 0.1) is 0 Å². The highest BCUT2D eigenvalue weighted by Crippen LogP contribution is 2.40. The Bertz CT molecular complexity index is 148. The van der Waals surface area contributed by atoms with Crippen LogP contribution in [-0.2, 0) is 0 Å². The molecule has 0 aromatic rings. The summed E-state index contributed by atoms with van der Waals surface area (Å²) in [5.74, 6) is 0. The first-order valence-electron chi connectivity index (χ1n) is 6.06. The van der Waals surface area contributed by atoms with Crippen molar-refractivity contribution in [1.29, 1.82) is 0 Å². The number of hydrogen-bond donors (Lipinski definition) is 1. The molecule has 1 atom stereocenters. The van der Waals surface area contributed by atoms with E-state index in [0.717, 1.165) is 11.1 Å². The third kappa shape index (κ3) is 2.35. The van der Waals surface area contributed by atoms with E-state index in [4.69, 9.17) is 0 Å². The van der Waals surface area contributed by atoms with Crippen LogP contribution in [0.1, 0.15) is 57.8 Å². The van der Waals surface area contributed by atoms with E-state index in [1.165, 1.54) is 57.8 Å². The minimum absolute atomic E-state index is 0.789. The van der Waals surface area contributed by atoms with Crippen LogP contribution in [0.5, 0.6) is 0 Å². The van der Waals surface area contributed by atoms with Crippen LogP contribution < -0.4 is 0 Å². The van der Waals surface area contributed by atoms with E-state index in [2.05, 4.69) is 0 Å². The van der Waals surface area contributed by atoms with Crippen LogP contribution in [0.15, 0.2) is 0 Å². The summed E-state index contributed by atoms with van der Waals surface area (Å²) in [6.07, 6.45) is 12.4. The van der Waals surface area contributed by atoms with Crippen molar-refractivity contribution in [3.63, 3.8) is 0 Å². The summed E-state index contributed by atoms with van der Waals surface area (Å²) in [7, 11) is -1.34. The van der Waals surface area contributed by atoms with Crippen molar-refractivity contribution in [3.8, 4) is 0 Å². The second-order valence-electron chi connectivity index (χ2n) is 4.93. The molecule has 0 aromatic carbocycles. The maximum absolute atomic E-state index is 10.3. The van der Waals surface area contributed by atoms with Gasteiger partial charge in [0.1, 0.15) is 0 Å². The lowest BCUT2D eigenvalue weighted by molar-refractivity contribution is 0.435. The van der Waals surface area contributed by atoms with Gasteiger partial charge < -0.3 is 4.80 Å². The largest absolute Gasteiger partial charge is 0.434 e. The molecule has 1 unspecified atom stereocenters. The molecule has 0 saturated heterocycles. The van der Waals surface area contributed by atoms with E-state index >= 15 is 0 Å². The van der Waals surface area contributed by atoms with Gasteiger partial charge in [-0.1, -0.05) is 57.8 Å². The Labute approximate surface area is 83.3 Å². The zero-order chi connectivity index (χ0) is 9.10. The Kier molecular flexibility index (Phi) is 3.44. The predicted octanol–water partition coefficient (Wildman–Crippen LogP) is 2.98. The van der Waals surface area contributed by atoms with Crippen molar-refractivity contribution in [3.05, 3.63) is 0 Å². The van der Waals surface area contributed by atoms with Crippen LogP contribution in [0.25, 0.3) is 0 Å². The van der Waals surface area contributed by atoms with Crippen LogP contribution >= 0.6 is 0 Å². The summed E-state index contributed by atoms with van der Waals surface area (Å²) in [4.78, 5) is 10.3. The Morgan fingerprint density at radius 1 is 0.692 bits per heavy atom. The van der Waals surface area contributed by atoms with Crippen molar-refractivity contribution in [2.75, 3.05) is 0 Å². The van der Waals surface area contributed by atoms with Gasteiger partial charge in [-0.3, -0.25) is 0 Å². The van der Waals surface area contributed by atoms with Gasteiger partial charge in [0, 0.05) is 0 Å². The Balaban J connectivity index is 1.83. The van der Waals surface area contributed by atoms with Crippen molar-refractivity contribution >= 4 is 9.04 Å². The van der Waals surface area contributed by atoms with Gasteiger partial charge in [-0.2, -0.15) is 0 Å². The maximum atomic E-state index is 10.3. The Morgan fingerprint density at radius 3 is 1.54 bits per heavy atom. The molecule has 0 heterocycles. The van der Waals surface area contributed by atoms with E-state index in [1.807, 2.05) is 0 Å². The molecule has 2 heteroatoms. The highest BCUT2D eigenvalue weighted by Gasteiger charge is 2.32. The molecule has 0 aliphatic heterocycles. The first-order chi connectivity index (χ1) is 6.38. The number of rotatable bonds is 2. The molecular weight excluding hydrogens is 176 g/mol. The van der Waals surface area contributed by atoms with E-state index in [1.54, 1.807) is 0 Å². The van der Waals surface area contributed by atoms with Crippen molar-refractivity contribution in [2.24, 2.45) is 0 Å². The topological polar surface area (TPSA) is 20.2 Å². The molecule has 2 rings (SSSR count). The zero-order valence-electron chi connectivity index (χ0n) is 8.54. The zero-order valence-corrected chi connectivity index (χ0v) is 9.70. The van der Waals surface area contributed by atoms with Crippen molar-refractivity contribution in [1.82, 2.24) is 0 Å². The highest BCUT2D eigenvalue weighted by atomic mass is 28.3. The first kappa shape index (κ1) is 9.72. The van der Waals surface area contributed by atoms with E-state index in [9.17, 15) is 4.80 Å². The van der Waals surface area contributed by atoms with E-state index in [0.29, 0.717) is 0 Å². The van der Waals surface area contributed by atoms with Gasteiger partial charge in [0.2, 0.25) is 0 Å². The number of hydrogen-bond acceptors (Lipinski definition) is 1. The molecule has 0 radical (unpaired) electrons. The standard InChI is InChI=1S/C11H22OSi/c12-13(11-8-4-5-9-11)10-6-2-1-3-7-10/h10-13H,1-9H2. The third-order valence-electron chi connectivity index (χ3n) is 4.02. The van der Waals surface area contributed by atoms with Crippen molar-refractivity contribution in [2.45, 2.75) is 68.9 Å². The van der Waals surface area contributed by atoms with Gasteiger partial charge in [-0.25, -0.2) is 0 Å². The van der Waals surface area contributed by atoms with Gasteiger partial charge in [-0.15, -0.1) is 0 Å². The van der Waals surface area contributed by atoms with Crippen LogP contribution in [0.3, 0.4) is 0 Å². The molecule has 0 bridgehead atoms. The van der Waals surface area contributed by atoms with E-state index in [-0.39, 0.29) is 0 Å². The van der Waals surface area contributed by atoms with Crippen LogP contribution in [0.4, 0.5) is 0 Å². The Hall–Kier alpha value is 0.177. The molecule has 2 fully saturated rings. The summed E-state index contributed by atoms with van der Waals surface area (Å²) in [6.45, 7) is 0. The summed E-state index contributed by atoms with van der Waals surface area (Å²) >= 11 is 0. The molecule has 1 N–H and O–H groups in total. The van der Waals surface area contributed by atoms with E-state index < -0.39 is 9.04 Å². The van der Waals surface area contributed by atoms with Gasteiger partial charge >= 0.3 is 0 Å². The maximum Gasteiger partial charge on any atom is 0.178 e. The highest BCUT2D eigenvalue weighted by molar-refractivity contribution is 6.54. The minimum atomic E-state index is -1.34. The molecule has 13 heavy (non-hydrogen) atoms. The fraction of sp³-hybridized carbons (Fsp3) is 1.00. The second kappa shape index (κ2) is 4.60. The quantitative estimate of drug-likeness (QED) is 0.676. The van der Waals surface area contributed by atoms with Crippen molar-refractivity contribution < 1.29 is 4.80 Å². The normalized spacial score (nSPS) is 29.3. The molecule has 2 aliphatic rings. The lowest BCUT2D eigenvalue weighted by Crippen LogP contribution is -2.27. The average Bonchev–Trinajstić information content (AvgIpc) is 2.71. The van der Waals surface area contributed by atoms with Crippen LogP contribution in [-0.4, -0.2) is 13.8 Å². The molecule has 0 spiro atoms. The lowest BCUT2D eigenvalue weighted by Gasteiger charge is -2.28. The molecule has 0 aromatic heterocycles. The average molecular weight is 198 g/mol. The van der Waals surface area contributed by atoms with Gasteiger partial charge in [0.15, 0.2) is 9.04 Å². The lowest BCUT2D eigenvalue weighted by atomic mass is 10.0. The van der Waals surface area contributed by atoms with Crippen LogP contribution in [0, 0.1) is 0 Å². The molecule has 76 valence electrons. The smallest absolute Gasteiger partial charge is 0.178 e. The molecule has 0 amide bonds. The molecular formula is C11H22OSi. The fourth-order valence-corrected chi connectivity index (χ4v) is 6.24. The second-order valence-corrected chi connectivity index (χ2v) is 7.80. The summed E-state index contributed by atoms with van der Waals surface area (Å²) in [6, 6.07) is 0. The summed E-state index contributed by atoms with van der Waals surface area (Å²) < 4.78 is 0. The Morgan fingerprint density at radius 2 is 1.08 bits per heavy atom. The molecule has 2 aliphatic carbocycles. The molecule has 2 saturated carbocycles. The van der Waals surface area contributed by atoms with Crippen LogP contribution in [0.2, 0.25) is 11.1 Å². The SMILES string of the molecule is O[SiH](C1CCCCC1)C1CCCC1. The minimum Gasteiger partial charge on any atom is -0.434 e. The third-order valence-corrected chi connectivity index (χ3v) is 7.28. The summed E-state index contributed by atoms with van der Waals surface area (Å²) in [5, 5.41) is 0. The first-order valence-corrected chi connectivity index (χ1v) is 7.91. The molecule has 1 nitrogen and oxygen atoms in total. The van der Waals surface area contributed by atoms with Gasteiger partial charge in [-0.05, 0) is 11.1 Å². The monoisotopic (exact) mass is 198 g/mol. The predicted molar refractivity (Wildman–Crippen MR) is 58.4 cm³/mol.